The summed E-state index contributed by atoms with van der Waals surface area (Å²) in [7, 11) is 3.36. The maximum absolute atomic E-state index is 13.1. The molecule has 9 nitrogen and oxygen atoms in total. The van der Waals surface area contributed by atoms with Crippen LogP contribution >= 0.6 is 0 Å². The number of carbonyl (C=O) groups excluding carboxylic acids is 2. The number of pyridine rings is 1. The van der Waals surface area contributed by atoms with Crippen LogP contribution in [0.2, 0.25) is 0 Å². The Morgan fingerprint density at radius 3 is 2.28 bits per heavy atom. The molecule has 0 aromatic carbocycles. The van der Waals surface area contributed by atoms with Gasteiger partial charge in [0, 0.05) is 37.9 Å². The highest BCUT2D eigenvalue weighted by molar-refractivity contribution is 5.82. The van der Waals surface area contributed by atoms with Gasteiger partial charge in [0.25, 0.3) is 0 Å². The summed E-state index contributed by atoms with van der Waals surface area (Å²) >= 11 is 0. The fraction of sp³-hybridized carbons (Fsp3) is 0.794. The van der Waals surface area contributed by atoms with E-state index in [-0.39, 0.29) is 47.8 Å². The SMILES string of the molecule is COCCCCc1cc(CC(C[C@H](NC(=O)[C@@H](N)C(C)C)C(O)CC(C(=O)NCC2CC2)C(C)C)C(C)C)cnc1OC. The predicted molar refractivity (Wildman–Crippen MR) is 172 cm³/mol. The molecule has 0 spiro atoms. The van der Waals surface area contributed by atoms with Crippen molar-refractivity contribution in [2.24, 2.45) is 41.2 Å². The molecule has 3 unspecified atom stereocenters. The number of aromatic nitrogens is 1. The van der Waals surface area contributed by atoms with Gasteiger partial charge in [0.15, 0.2) is 0 Å². The molecule has 2 rings (SSSR count). The van der Waals surface area contributed by atoms with Gasteiger partial charge in [0.2, 0.25) is 17.7 Å². The van der Waals surface area contributed by atoms with Gasteiger partial charge < -0.3 is 30.9 Å². The van der Waals surface area contributed by atoms with Gasteiger partial charge in [-0.1, -0.05) is 41.5 Å². The Bertz CT molecular complexity index is 982. The molecule has 9 heteroatoms. The summed E-state index contributed by atoms with van der Waals surface area (Å²) in [4.78, 5) is 30.9. The van der Waals surface area contributed by atoms with Gasteiger partial charge in [-0.3, -0.25) is 9.59 Å². The Morgan fingerprint density at radius 2 is 1.72 bits per heavy atom. The van der Waals surface area contributed by atoms with E-state index in [4.69, 9.17) is 15.2 Å². The normalized spacial score (nSPS) is 17.0. The number of hydrogen-bond acceptors (Lipinski definition) is 7. The molecule has 0 bridgehead atoms. The molecule has 1 heterocycles. The summed E-state index contributed by atoms with van der Waals surface area (Å²) < 4.78 is 10.7. The zero-order valence-electron chi connectivity index (χ0n) is 28.0. The van der Waals surface area contributed by atoms with Crippen molar-refractivity contribution in [2.45, 2.75) is 111 Å². The van der Waals surface area contributed by atoms with Crippen molar-refractivity contribution in [2.75, 3.05) is 27.4 Å². The molecule has 5 atom stereocenters. The molecule has 1 aromatic rings. The number of nitrogens with one attached hydrogen (secondary N) is 2. The lowest BCUT2D eigenvalue weighted by Crippen LogP contribution is -2.53. The molecular formula is C34H60N4O5. The van der Waals surface area contributed by atoms with Crippen LogP contribution in [0.25, 0.3) is 0 Å². The molecule has 0 saturated heterocycles. The number of aliphatic hydroxyl groups is 1. The number of nitrogens with zero attached hydrogens (tertiary/aromatic N) is 1. The van der Waals surface area contributed by atoms with E-state index < -0.39 is 18.2 Å². The number of aliphatic hydroxyl groups excluding tert-OH is 1. The van der Waals surface area contributed by atoms with Gasteiger partial charge in [-0.25, -0.2) is 4.98 Å². The van der Waals surface area contributed by atoms with Crippen molar-refractivity contribution >= 4 is 11.8 Å². The number of hydrogen-bond donors (Lipinski definition) is 4. The topological polar surface area (TPSA) is 136 Å². The van der Waals surface area contributed by atoms with Crippen LogP contribution < -0.4 is 21.1 Å². The maximum Gasteiger partial charge on any atom is 0.237 e. The lowest BCUT2D eigenvalue weighted by atomic mass is 9.80. The molecule has 1 aliphatic rings. The lowest BCUT2D eigenvalue weighted by molar-refractivity contribution is -0.128. The molecule has 1 aromatic heterocycles. The number of amides is 2. The first-order valence-corrected chi connectivity index (χ1v) is 16.4. The molecule has 2 amide bonds. The second-order valence-electron chi connectivity index (χ2n) is 13.6. The Hall–Kier alpha value is -2.23. The van der Waals surface area contributed by atoms with Crippen molar-refractivity contribution in [1.82, 2.24) is 15.6 Å². The Balaban J connectivity index is 2.25. The monoisotopic (exact) mass is 604 g/mol. The summed E-state index contributed by atoms with van der Waals surface area (Å²) in [5.74, 6) is 1.02. The van der Waals surface area contributed by atoms with Crippen LogP contribution in [-0.2, 0) is 27.2 Å². The average molecular weight is 605 g/mol. The second kappa shape index (κ2) is 18.5. The third-order valence-electron chi connectivity index (χ3n) is 8.93. The van der Waals surface area contributed by atoms with E-state index in [2.05, 4.69) is 35.5 Å². The van der Waals surface area contributed by atoms with E-state index in [1.807, 2.05) is 33.9 Å². The second-order valence-corrected chi connectivity index (χ2v) is 13.6. The number of ether oxygens (including phenoxy) is 2. The van der Waals surface area contributed by atoms with E-state index in [9.17, 15) is 14.7 Å². The first kappa shape index (κ1) is 37.0. The zero-order valence-corrected chi connectivity index (χ0v) is 28.0. The highest BCUT2D eigenvalue weighted by Gasteiger charge is 2.34. The van der Waals surface area contributed by atoms with Crippen molar-refractivity contribution in [3.8, 4) is 5.88 Å². The van der Waals surface area contributed by atoms with Crippen LogP contribution in [0.4, 0.5) is 0 Å². The summed E-state index contributed by atoms with van der Waals surface area (Å²) in [5, 5.41) is 17.8. The molecule has 1 saturated carbocycles. The molecule has 5 N–H and O–H groups in total. The van der Waals surface area contributed by atoms with Crippen LogP contribution in [-0.4, -0.2) is 67.5 Å². The number of rotatable bonds is 21. The minimum absolute atomic E-state index is 0.0207. The van der Waals surface area contributed by atoms with Gasteiger partial charge in [0.05, 0.1) is 25.3 Å². The van der Waals surface area contributed by atoms with Crippen molar-refractivity contribution < 1.29 is 24.2 Å². The number of aryl methyl sites for hydroxylation is 1. The maximum atomic E-state index is 13.1. The fourth-order valence-corrected chi connectivity index (χ4v) is 5.50. The van der Waals surface area contributed by atoms with E-state index in [0.29, 0.717) is 24.8 Å². The van der Waals surface area contributed by atoms with Gasteiger partial charge in [-0.2, -0.15) is 0 Å². The fourth-order valence-electron chi connectivity index (χ4n) is 5.50. The number of carbonyl (C=O) groups is 2. The van der Waals surface area contributed by atoms with Gasteiger partial charge in [-0.15, -0.1) is 0 Å². The lowest BCUT2D eigenvalue weighted by Gasteiger charge is -2.33. The number of methoxy groups -OCH3 is 2. The van der Waals surface area contributed by atoms with Gasteiger partial charge in [-0.05, 0) is 92.6 Å². The third-order valence-corrected chi connectivity index (χ3v) is 8.93. The number of nitrogens with two attached hydrogens (primary N) is 1. The largest absolute Gasteiger partial charge is 0.481 e. The third kappa shape index (κ3) is 12.7. The van der Waals surface area contributed by atoms with E-state index >= 15 is 0 Å². The predicted octanol–water partition coefficient (Wildman–Crippen LogP) is 4.28. The van der Waals surface area contributed by atoms with E-state index in [1.165, 1.54) is 0 Å². The standard InChI is InChI=1S/C34H60N4O5/c1-21(2)27(16-25-15-26(11-9-10-14-42-7)34(43-8)37-20-25)17-29(38-33(41)31(35)23(5)6)30(39)18-28(22(3)4)32(40)36-19-24-12-13-24/h15,20-24,27-31,39H,9-14,16-19,35H2,1-8H3,(H,36,40)(H,38,41)/t27?,28?,29-,30?,31-/m0/s1. The van der Waals surface area contributed by atoms with Crippen LogP contribution in [0.1, 0.15) is 91.2 Å². The van der Waals surface area contributed by atoms with Crippen molar-refractivity contribution in [1.29, 1.82) is 0 Å². The molecule has 0 aliphatic heterocycles. The molecule has 43 heavy (non-hydrogen) atoms. The minimum Gasteiger partial charge on any atom is -0.481 e. The van der Waals surface area contributed by atoms with E-state index in [0.717, 1.165) is 56.3 Å². The molecule has 1 aliphatic carbocycles. The highest BCUT2D eigenvalue weighted by Crippen LogP contribution is 2.30. The van der Waals surface area contributed by atoms with Crippen LogP contribution in [0.3, 0.4) is 0 Å². The Morgan fingerprint density at radius 1 is 1.02 bits per heavy atom. The van der Waals surface area contributed by atoms with E-state index in [1.54, 1.807) is 14.2 Å². The van der Waals surface area contributed by atoms with Crippen molar-refractivity contribution in [3.63, 3.8) is 0 Å². The molecule has 1 fully saturated rings. The summed E-state index contributed by atoms with van der Waals surface area (Å²) in [6, 6.07) is 0.953. The number of unbranched alkanes of at least 4 members (excludes halogenated alkanes) is 1. The van der Waals surface area contributed by atoms with Crippen LogP contribution in [0.5, 0.6) is 5.88 Å². The van der Waals surface area contributed by atoms with Crippen LogP contribution in [0, 0.1) is 35.5 Å². The highest BCUT2D eigenvalue weighted by atomic mass is 16.5. The minimum atomic E-state index is -0.894. The van der Waals surface area contributed by atoms with Gasteiger partial charge >= 0.3 is 0 Å². The first-order valence-electron chi connectivity index (χ1n) is 16.4. The summed E-state index contributed by atoms with van der Waals surface area (Å²) in [5.41, 5.74) is 8.38. The summed E-state index contributed by atoms with van der Waals surface area (Å²) in [6.07, 6.45) is 7.66. The Kier molecular flexibility index (Phi) is 15.9. The smallest absolute Gasteiger partial charge is 0.237 e. The molecule has 0 radical (unpaired) electrons. The quantitative estimate of drug-likeness (QED) is 0.154. The zero-order chi connectivity index (χ0) is 32.1. The summed E-state index contributed by atoms with van der Waals surface area (Å²) in [6.45, 7) is 13.6. The molecule has 246 valence electrons. The first-order chi connectivity index (χ1) is 20.4. The molecular weight excluding hydrogens is 544 g/mol. The Labute approximate surface area is 260 Å². The van der Waals surface area contributed by atoms with Crippen molar-refractivity contribution in [3.05, 3.63) is 23.4 Å². The van der Waals surface area contributed by atoms with Crippen LogP contribution in [0.15, 0.2) is 12.3 Å². The van der Waals surface area contributed by atoms with Gasteiger partial charge in [0.1, 0.15) is 0 Å². The average Bonchev–Trinajstić information content (AvgIpc) is 3.79.